The third kappa shape index (κ3) is 2.87. The molecule has 1 aromatic rings. The second-order valence-corrected chi connectivity index (χ2v) is 5.46. The Bertz CT molecular complexity index is 458. The predicted octanol–water partition coefficient (Wildman–Crippen LogP) is 0.946. The highest BCUT2D eigenvalue weighted by molar-refractivity contribution is 7.13. The summed E-state index contributed by atoms with van der Waals surface area (Å²) < 4.78 is 0. The average molecular weight is 267 g/mol. The van der Waals surface area contributed by atoms with E-state index in [4.69, 9.17) is 0 Å². The van der Waals surface area contributed by atoms with E-state index >= 15 is 0 Å². The molecule has 98 valence electrons. The van der Waals surface area contributed by atoms with Crippen LogP contribution in [0.25, 0.3) is 0 Å². The molecule has 1 aliphatic rings. The van der Waals surface area contributed by atoms with Crippen LogP contribution in [0.4, 0.5) is 5.13 Å². The Labute approximate surface area is 109 Å². The zero-order chi connectivity index (χ0) is 13.1. The SMILES string of the molecule is Cc1csc(NC(=O)[C@H]2CCCC[C@H]2C(=O)[O-])n1. The number of thiazole rings is 1. The molecule has 6 heteroatoms. The molecule has 0 saturated heterocycles. The fourth-order valence-corrected chi connectivity index (χ4v) is 3.03. The monoisotopic (exact) mass is 267 g/mol. The summed E-state index contributed by atoms with van der Waals surface area (Å²) in [5, 5.41) is 16.1. The van der Waals surface area contributed by atoms with Gasteiger partial charge in [-0.3, -0.25) is 4.79 Å². The number of anilines is 1. The Morgan fingerprint density at radius 3 is 2.61 bits per heavy atom. The van der Waals surface area contributed by atoms with Crippen LogP contribution in [-0.4, -0.2) is 16.9 Å². The Kier molecular flexibility index (Phi) is 3.96. The van der Waals surface area contributed by atoms with Crippen LogP contribution in [0.15, 0.2) is 5.38 Å². The molecular formula is C12H15N2O3S-. The van der Waals surface area contributed by atoms with Gasteiger partial charge >= 0.3 is 0 Å². The summed E-state index contributed by atoms with van der Waals surface area (Å²) in [7, 11) is 0. The number of carboxylic acids is 1. The Balaban J connectivity index is 2.04. The molecule has 1 amide bonds. The first-order chi connectivity index (χ1) is 8.58. The van der Waals surface area contributed by atoms with Crippen molar-refractivity contribution in [2.24, 2.45) is 11.8 Å². The van der Waals surface area contributed by atoms with Crippen molar-refractivity contribution in [3.8, 4) is 0 Å². The standard InChI is InChI=1S/C12H16N2O3S/c1-7-6-18-12(13-7)14-10(15)8-4-2-3-5-9(8)11(16)17/h6,8-9H,2-5H2,1H3,(H,16,17)(H,13,14,15)/p-1/t8-,9+/m0/s1. The molecule has 0 unspecified atom stereocenters. The number of carbonyl (C=O) groups excluding carboxylic acids is 2. The molecule has 1 heterocycles. The second kappa shape index (κ2) is 5.48. The number of nitrogens with zero attached hydrogens (tertiary/aromatic N) is 1. The predicted molar refractivity (Wildman–Crippen MR) is 65.9 cm³/mol. The zero-order valence-electron chi connectivity index (χ0n) is 10.1. The fourth-order valence-electron chi connectivity index (χ4n) is 2.34. The highest BCUT2D eigenvalue weighted by atomic mass is 32.1. The largest absolute Gasteiger partial charge is 0.550 e. The van der Waals surface area contributed by atoms with E-state index in [0.717, 1.165) is 18.5 Å². The molecule has 1 aliphatic carbocycles. The number of aliphatic carboxylic acids is 1. The van der Waals surface area contributed by atoms with Gasteiger partial charge in [-0.05, 0) is 19.8 Å². The van der Waals surface area contributed by atoms with Crippen LogP contribution in [0.2, 0.25) is 0 Å². The fraction of sp³-hybridized carbons (Fsp3) is 0.583. The van der Waals surface area contributed by atoms with Crippen LogP contribution >= 0.6 is 11.3 Å². The molecular weight excluding hydrogens is 252 g/mol. The molecule has 18 heavy (non-hydrogen) atoms. The molecule has 1 N–H and O–H groups in total. The molecule has 5 nitrogen and oxygen atoms in total. The van der Waals surface area contributed by atoms with Crippen molar-refractivity contribution in [3.63, 3.8) is 0 Å². The molecule has 0 aromatic carbocycles. The minimum atomic E-state index is -1.12. The van der Waals surface area contributed by atoms with Gasteiger partial charge in [0.2, 0.25) is 5.91 Å². The van der Waals surface area contributed by atoms with Gasteiger partial charge in [0.1, 0.15) is 0 Å². The average Bonchev–Trinajstić information content (AvgIpc) is 2.74. The van der Waals surface area contributed by atoms with E-state index in [1.807, 2.05) is 12.3 Å². The minimum Gasteiger partial charge on any atom is -0.550 e. The van der Waals surface area contributed by atoms with Crippen molar-refractivity contribution in [1.29, 1.82) is 0 Å². The second-order valence-electron chi connectivity index (χ2n) is 4.60. The maximum absolute atomic E-state index is 12.1. The molecule has 0 bridgehead atoms. The van der Waals surface area contributed by atoms with E-state index in [9.17, 15) is 14.7 Å². The van der Waals surface area contributed by atoms with Gasteiger partial charge in [-0.15, -0.1) is 11.3 Å². The summed E-state index contributed by atoms with van der Waals surface area (Å²) in [6.07, 6.45) is 2.86. The molecule has 0 spiro atoms. The van der Waals surface area contributed by atoms with E-state index in [1.165, 1.54) is 11.3 Å². The van der Waals surface area contributed by atoms with Crippen molar-refractivity contribution >= 4 is 28.3 Å². The summed E-state index contributed by atoms with van der Waals surface area (Å²) in [6, 6.07) is 0. The zero-order valence-corrected chi connectivity index (χ0v) is 11.0. The Hall–Kier alpha value is -1.43. The molecule has 0 aliphatic heterocycles. The van der Waals surface area contributed by atoms with Crippen LogP contribution in [0, 0.1) is 18.8 Å². The lowest BCUT2D eigenvalue weighted by atomic mass is 9.79. The van der Waals surface area contributed by atoms with Crippen LogP contribution in [0.1, 0.15) is 31.4 Å². The van der Waals surface area contributed by atoms with Crippen LogP contribution in [0.5, 0.6) is 0 Å². The van der Waals surface area contributed by atoms with Gasteiger partial charge in [-0.1, -0.05) is 12.8 Å². The van der Waals surface area contributed by atoms with Crippen LogP contribution in [-0.2, 0) is 9.59 Å². The van der Waals surface area contributed by atoms with Crippen molar-refractivity contribution in [2.75, 3.05) is 5.32 Å². The minimum absolute atomic E-state index is 0.252. The van der Waals surface area contributed by atoms with Gasteiger partial charge in [0.25, 0.3) is 0 Å². The van der Waals surface area contributed by atoms with Gasteiger partial charge in [0, 0.05) is 23.2 Å². The number of aryl methyl sites for hydroxylation is 1. The lowest BCUT2D eigenvalue weighted by Gasteiger charge is -2.30. The summed E-state index contributed by atoms with van der Waals surface area (Å²) in [6.45, 7) is 1.84. The van der Waals surface area contributed by atoms with Crippen molar-refractivity contribution in [3.05, 3.63) is 11.1 Å². The number of amides is 1. The lowest BCUT2D eigenvalue weighted by molar-refractivity contribution is -0.313. The third-order valence-corrected chi connectivity index (χ3v) is 4.13. The van der Waals surface area contributed by atoms with Gasteiger partial charge < -0.3 is 15.2 Å². The number of hydrogen-bond acceptors (Lipinski definition) is 5. The first-order valence-electron chi connectivity index (χ1n) is 6.02. The summed E-state index contributed by atoms with van der Waals surface area (Å²) in [5.74, 6) is -2.53. The van der Waals surface area contributed by atoms with E-state index in [0.29, 0.717) is 18.0 Å². The molecule has 1 fully saturated rings. The van der Waals surface area contributed by atoms with Crippen molar-refractivity contribution in [1.82, 2.24) is 4.98 Å². The topological polar surface area (TPSA) is 82.1 Å². The number of aromatic nitrogens is 1. The summed E-state index contributed by atoms with van der Waals surface area (Å²) >= 11 is 1.35. The number of carbonyl (C=O) groups is 2. The number of carboxylic acid groups (broad SMARTS) is 1. The molecule has 0 radical (unpaired) electrons. The molecule has 2 atom stereocenters. The Morgan fingerprint density at radius 1 is 1.39 bits per heavy atom. The van der Waals surface area contributed by atoms with Gasteiger partial charge in [-0.2, -0.15) is 0 Å². The van der Waals surface area contributed by atoms with Crippen molar-refractivity contribution in [2.45, 2.75) is 32.6 Å². The number of rotatable bonds is 3. The molecule has 1 saturated carbocycles. The lowest BCUT2D eigenvalue weighted by Crippen LogP contribution is -2.42. The van der Waals surface area contributed by atoms with Crippen molar-refractivity contribution < 1.29 is 14.7 Å². The maximum atomic E-state index is 12.1. The molecule has 1 aromatic heterocycles. The number of hydrogen-bond donors (Lipinski definition) is 1. The smallest absolute Gasteiger partial charge is 0.229 e. The first-order valence-corrected chi connectivity index (χ1v) is 6.89. The van der Waals surface area contributed by atoms with Crippen LogP contribution < -0.4 is 10.4 Å². The number of nitrogens with one attached hydrogen (secondary N) is 1. The maximum Gasteiger partial charge on any atom is 0.229 e. The van der Waals surface area contributed by atoms with Gasteiger partial charge in [-0.25, -0.2) is 4.98 Å². The first kappa shape index (κ1) is 13.0. The Morgan fingerprint density at radius 2 is 2.06 bits per heavy atom. The molecule has 2 rings (SSSR count). The van der Waals surface area contributed by atoms with Gasteiger partial charge in [0.15, 0.2) is 5.13 Å². The van der Waals surface area contributed by atoms with E-state index in [1.54, 1.807) is 0 Å². The quantitative estimate of drug-likeness (QED) is 0.883. The van der Waals surface area contributed by atoms with Gasteiger partial charge in [0.05, 0.1) is 5.69 Å². The summed E-state index contributed by atoms with van der Waals surface area (Å²) in [5.41, 5.74) is 0.843. The summed E-state index contributed by atoms with van der Waals surface area (Å²) in [4.78, 5) is 27.2. The van der Waals surface area contributed by atoms with Crippen LogP contribution in [0.3, 0.4) is 0 Å². The third-order valence-electron chi connectivity index (χ3n) is 3.25. The van der Waals surface area contributed by atoms with E-state index in [2.05, 4.69) is 10.3 Å². The highest BCUT2D eigenvalue weighted by Gasteiger charge is 2.32. The normalized spacial score (nSPS) is 23.6. The van der Waals surface area contributed by atoms with E-state index in [-0.39, 0.29) is 5.91 Å². The van der Waals surface area contributed by atoms with E-state index < -0.39 is 17.8 Å². The highest BCUT2D eigenvalue weighted by Crippen LogP contribution is 2.31.